The number of allylic oxidation sites excluding steroid dienone is 1. The van der Waals surface area contributed by atoms with Crippen LogP contribution in [0, 0.1) is 6.92 Å². The first kappa shape index (κ1) is 21.3. The van der Waals surface area contributed by atoms with Gasteiger partial charge in [0.15, 0.2) is 0 Å². The lowest BCUT2D eigenvalue weighted by atomic mass is 10.1. The average Bonchev–Trinajstić information content (AvgIpc) is 2.96. The zero-order valence-corrected chi connectivity index (χ0v) is 17.6. The van der Waals surface area contributed by atoms with Crippen molar-refractivity contribution in [1.82, 2.24) is 9.21 Å². The zero-order chi connectivity index (χ0) is 20.9. The summed E-state index contributed by atoms with van der Waals surface area (Å²) in [7, 11) is -3.72. The Morgan fingerprint density at radius 1 is 1.07 bits per heavy atom. The third kappa shape index (κ3) is 5.14. The molecule has 5 nitrogen and oxygen atoms in total. The van der Waals surface area contributed by atoms with E-state index < -0.39 is 16.1 Å². The van der Waals surface area contributed by atoms with Crippen molar-refractivity contribution in [3.63, 3.8) is 0 Å². The Labute approximate surface area is 173 Å². The van der Waals surface area contributed by atoms with Gasteiger partial charge in [-0.2, -0.15) is 4.31 Å². The minimum absolute atomic E-state index is 0.228. The van der Waals surface area contributed by atoms with Crippen molar-refractivity contribution in [2.24, 2.45) is 0 Å². The lowest BCUT2D eigenvalue weighted by Crippen LogP contribution is -2.42. The van der Waals surface area contributed by atoms with Gasteiger partial charge >= 0.3 is 0 Å². The molecule has 0 aliphatic carbocycles. The topological polar surface area (TPSA) is 57.7 Å². The van der Waals surface area contributed by atoms with E-state index in [2.05, 4.69) is 23.6 Å². The molecule has 0 radical (unpaired) electrons. The number of hydrogen-bond acceptors (Lipinski definition) is 4. The second-order valence-electron chi connectivity index (χ2n) is 7.46. The lowest BCUT2D eigenvalue weighted by Gasteiger charge is -2.26. The normalized spacial score (nSPS) is 18.2. The number of carbonyl (C=O) groups excluding carboxylic acids is 1. The maximum Gasteiger partial charge on any atom is 0.243 e. The van der Waals surface area contributed by atoms with Gasteiger partial charge in [-0.15, -0.1) is 0 Å². The van der Waals surface area contributed by atoms with Gasteiger partial charge in [0.1, 0.15) is 6.29 Å². The Bertz CT molecular complexity index is 940. The average molecular weight is 413 g/mol. The predicted octanol–water partition coefficient (Wildman–Crippen LogP) is 3.41. The molecule has 1 aliphatic rings. The zero-order valence-electron chi connectivity index (χ0n) is 16.8. The molecule has 3 rings (SSSR count). The number of aldehydes is 1. The second kappa shape index (κ2) is 9.37. The van der Waals surface area contributed by atoms with Gasteiger partial charge in [-0.25, -0.2) is 8.42 Å². The molecule has 0 spiro atoms. The fourth-order valence-corrected chi connectivity index (χ4v) is 5.20. The summed E-state index contributed by atoms with van der Waals surface area (Å²) in [5, 5.41) is 0. The molecule has 0 saturated carbocycles. The highest BCUT2D eigenvalue weighted by molar-refractivity contribution is 7.89. The summed E-state index contributed by atoms with van der Waals surface area (Å²) < 4.78 is 27.6. The molecule has 1 fully saturated rings. The predicted molar refractivity (Wildman–Crippen MR) is 115 cm³/mol. The van der Waals surface area contributed by atoms with Crippen LogP contribution in [-0.2, 0) is 21.2 Å². The minimum atomic E-state index is -3.72. The van der Waals surface area contributed by atoms with Gasteiger partial charge in [0, 0.05) is 25.3 Å². The number of hydrogen-bond donors (Lipinski definition) is 0. The van der Waals surface area contributed by atoms with Crippen molar-refractivity contribution in [1.29, 1.82) is 0 Å². The highest BCUT2D eigenvalue weighted by Crippen LogP contribution is 2.23. The van der Waals surface area contributed by atoms with E-state index in [1.54, 1.807) is 24.3 Å². The van der Waals surface area contributed by atoms with Gasteiger partial charge < -0.3 is 9.69 Å². The number of nitrogens with zero attached hydrogens (tertiary/aromatic N) is 2. The van der Waals surface area contributed by atoms with Crippen molar-refractivity contribution in [3.05, 3.63) is 78.0 Å². The van der Waals surface area contributed by atoms with Gasteiger partial charge in [0.05, 0.1) is 10.9 Å². The Morgan fingerprint density at radius 3 is 2.41 bits per heavy atom. The number of aryl methyl sites for hydroxylation is 2. The summed E-state index contributed by atoms with van der Waals surface area (Å²) in [6.45, 7) is 7.54. The van der Waals surface area contributed by atoms with E-state index in [1.165, 1.54) is 9.87 Å². The van der Waals surface area contributed by atoms with Crippen LogP contribution in [0.2, 0.25) is 0 Å². The Balaban J connectivity index is 1.70. The van der Waals surface area contributed by atoms with Crippen LogP contribution in [0.15, 0.2) is 71.8 Å². The van der Waals surface area contributed by atoms with Crippen LogP contribution in [-0.4, -0.2) is 49.6 Å². The first-order valence-corrected chi connectivity index (χ1v) is 11.4. The second-order valence-corrected chi connectivity index (χ2v) is 9.35. The SMILES string of the molecule is C=C(CCc1ccccc1)N1CCC(C=O)N(S(=O)(=O)c2ccc(C)cc2)CC1. The number of sulfonamides is 1. The number of rotatable bonds is 7. The third-order valence-electron chi connectivity index (χ3n) is 5.43. The number of carbonyl (C=O) groups is 1. The standard InChI is InChI=1S/C23H28N2O3S/c1-19-8-12-23(13-9-19)29(27,28)25-17-16-24(15-14-22(25)18-26)20(2)10-11-21-6-4-3-5-7-21/h3-9,12-13,18,22H,2,10-11,14-17H2,1H3. The van der Waals surface area contributed by atoms with Crippen LogP contribution < -0.4 is 0 Å². The maximum absolute atomic E-state index is 13.1. The van der Waals surface area contributed by atoms with Crippen LogP contribution in [0.5, 0.6) is 0 Å². The van der Waals surface area contributed by atoms with E-state index in [0.717, 1.165) is 30.4 Å². The Hall–Kier alpha value is -2.44. The molecular formula is C23H28N2O3S. The van der Waals surface area contributed by atoms with Gasteiger partial charge in [0.25, 0.3) is 0 Å². The highest BCUT2D eigenvalue weighted by atomic mass is 32.2. The fourth-order valence-electron chi connectivity index (χ4n) is 3.62. The summed E-state index contributed by atoms with van der Waals surface area (Å²) in [5.41, 5.74) is 3.22. The fraction of sp³-hybridized carbons (Fsp3) is 0.348. The van der Waals surface area contributed by atoms with E-state index >= 15 is 0 Å². The van der Waals surface area contributed by atoms with Crippen LogP contribution in [0.4, 0.5) is 0 Å². The molecule has 0 aromatic heterocycles. The smallest absolute Gasteiger partial charge is 0.243 e. The van der Waals surface area contributed by atoms with E-state index in [4.69, 9.17) is 0 Å². The van der Waals surface area contributed by atoms with E-state index in [9.17, 15) is 13.2 Å². The molecule has 0 N–H and O–H groups in total. The Kier molecular flexibility index (Phi) is 6.87. The quantitative estimate of drug-likeness (QED) is 0.654. The first-order valence-electron chi connectivity index (χ1n) is 9.92. The third-order valence-corrected chi connectivity index (χ3v) is 7.37. The summed E-state index contributed by atoms with van der Waals surface area (Å²) in [6, 6.07) is 16.3. The molecule has 6 heteroatoms. The summed E-state index contributed by atoms with van der Waals surface area (Å²) in [6.07, 6.45) is 2.90. The summed E-state index contributed by atoms with van der Waals surface area (Å²) in [5.74, 6) is 0. The van der Waals surface area contributed by atoms with Crippen molar-refractivity contribution < 1.29 is 13.2 Å². The van der Waals surface area contributed by atoms with Gasteiger partial charge in [0.2, 0.25) is 10.0 Å². The van der Waals surface area contributed by atoms with Gasteiger partial charge in [-0.1, -0.05) is 54.6 Å². The van der Waals surface area contributed by atoms with Crippen molar-refractivity contribution in [2.75, 3.05) is 19.6 Å². The molecule has 0 bridgehead atoms. The molecule has 29 heavy (non-hydrogen) atoms. The van der Waals surface area contributed by atoms with Crippen LogP contribution >= 0.6 is 0 Å². The molecular weight excluding hydrogens is 384 g/mol. The molecule has 1 aliphatic heterocycles. The molecule has 2 aromatic rings. The van der Waals surface area contributed by atoms with E-state index in [0.29, 0.717) is 19.5 Å². The monoisotopic (exact) mass is 412 g/mol. The van der Waals surface area contributed by atoms with E-state index in [-0.39, 0.29) is 11.4 Å². The maximum atomic E-state index is 13.1. The van der Waals surface area contributed by atoms with Crippen molar-refractivity contribution in [3.8, 4) is 0 Å². The summed E-state index contributed by atoms with van der Waals surface area (Å²) >= 11 is 0. The largest absolute Gasteiger partial charge is 0.374 e. The van der Waals surface area contributed by atoms with Crippen LogP contribution in [0.3, 0.4) is 0 Å². The molecule has 1 heterocycles. The van der Waals surface area contributed by atoms with Crippen LogP contribution in [0.25, 0.3) is 0 Å². The van der Waals surface area contributed by atoms with Crippen molar-refractivity contribution >= 4 is 16.3 Å². The Morgan fingerprint density at radius 2 is 1.76 bits per heavy atom. The summed E-state index contributed by atoms with van der Waals surface area (Å²) in [4.78, 5) is 14.0. The first-order chi connectivity index (χ1) is 13.9. The molecule has 1 atom stereocenters. The lowest BCUT2D eigenvalue weighted by molar-refractivity contribution is -0.111. The molecule has 1 saturated heterocycles. The molecule has 1 unspecified atom stereocenters. The molecule has 154 valence electrons. The molecule has 0 amide bonds. The van der Waals surface area contributed by atoms with Crippen molar-refractivity contribution in [2.45, 2.75) is 37.1 Å². The van der Waals surface area contributed by atoms with E-state index in [1.807, 2.05) is 25.1 Å². The van der Waals surface area contributed by atoms with Gasteiger partial charge in [-0.05, 0) is 43.9 Å². The number of benzene rings is 2. The van der Waals surface area contributed by atoms with Gasteiger partial charge in [-0.3, -0.25) is 0 Å². The minimum Gasteiger partial charge on any atom is -0.374 e. The van der Waals surface area contributed by atoms with Crippen LogP contribution in [0.1, 0.15) is 24.0 Å². The molecule has 2 aromatic carbocycles. The highest BCUT2D eigenvalue weighted by Gasteiger charge is 2.34.